The lowest BCUT2D eigenvalue weighted by Gasteiger charge is -2.07. The molecule has 0 atom stereocenters. The maximum atomic E-state index is 13.3. The summed E-state index contributed by atoms with van der Waals surface area (Å²) in [7, 11) is 1.66. The van der Waals surface area contributed by atoms with Gasteiger partial charge in [0.1, 0.15) is 11.6 Å². The molecule has 1 heterocycles. The van der Waals surface area contributed by atoms with E-state index in [0.29, 0.717) is 5.52 Å². The van der Waals surface area contributed by atoms with Crippen LogP contribution in [0.5, 0.6) is 0 Å². The number of hydrogen-bond acceptors (Lipinski definition) is 2. The molecule has 0 spiro atoms. The van der Waals surface area contributed by atoms with Crippen LogP contribution in [0.1, 0.15) is 12.0 Å². The number of methoxy groups -OCH3 is 1. The fourth-order valence-corrected chi connectivity index (χ4v) is 2.33. The van der Waals surface area contributed by atoms with Crippen LogP contribution in [0.3, 0.4) is 0 Å². The van der Waals surface area contributed by atoms with Gasteiger partial charge in [0, 0.05) is 17.6 Å². The highest BCUT2D eigenvalue weighted by Crippen LogP contribution is 2.27. The molecule has 20 heavy (non-hydrogen) atoms. The second kappa shape index (κ2) is 5.29. The van der Waals surface area contributed by atoms with Crippen molar-refractivity contribution in [3.63, 3.8) is 0 Å². The average Bonchev–Trinajstić information content (AvgIpc) is 2.71. The number of fused-ring (bicyclic) bond motifs is 1. The van der Waals surface area contributed by atoms with Crippen LogP contribution in [0.15, 0.2) is 60.5 Å². The Balaban J connectivity index is 2.09. The second-order valence-electron chi connectivity index (χ2n) is 4.56. The Hall–Kier alpha value is -2.42. The first-order chi connectivity index (χ1) is 9.78. The van der Waals surface area contributed by atoms with Gasteiger partial charge in [0.2, 0.25) is 0 Å². The van der Waals surface area contributed by atoms with Crippen molar-refractivity contribution in [2.75, 3.05) is 7.11 Å². The van der Waals surface area contributed by atoms with E-state index in [-0.39, 0.29) is 5.82 Å². The van der Waals surface area contributed by atoms with Gasteiger partial charge in [0.25, 0.3) is 0 Å². The zero-order chi connectivity index (χ0) is 13.9. The second-order valence-corrected chi connectivity index (χ2v) is 4.56. The molecule has 2 nitrogen and oxygen atoms in total. The largest absolute Gasteiger partial charge is 0.497 e. The zero-order valence-electron chi connectivity index (χ0n) is 11.1. The first-order valence-electron chi connectivity index (χ1n) is 6.45. The molecule has 0 amide bonds. The highest BCUT2D eigenvalue weighted by Gasteiger charge is 2.07. The lowest BCUT2D eigenvalue weighted by molar-refractivity contribution is 0.306. The van der Waals surface area contributed by atoms with E-state index in [1.54, 1.807) is 19.4 Å². The SMILES string of the molecule is COC1=CCC=C(c2ccnc3cc(F)ccc23)C=C1. The van der Waals surface area contributed by atoms with E-state index < -0.39 is 0 Å². The van der Waals surface area contributed by atoms with Crippen LogP contribution in [-0.2, 0) is 4.74 Å². The molecule has 3 rings (SSSR count). The molecule has 3 heteroatoms. The number of hydrogen-bond donors (Lipinski definition) is 0. The molecule has 0 saturated heterocycles. The summed E-state index contributed by atoms with van der Waals surface area (Å²) in [5.74, 6) is 0.580. The van der Waals surface area contributed by atoms with Crippen molar-refractivity contribution in [2.45, 2.75) is 6.42 Å². The predicted molar refractivity (Wildman–Crippen MR) is 78.5 cm³/mol. The van der Waals surface area contributed by atoms with Crippen LogP contribution in [0.25, 0.3) is 16.5 Å². The molecule has 0 radical (unpaired) electrons. The third-order valence-electron chi connectivity index (χ3n) is 3.34. The van der Waals surface area contributed by atoms with Gasteiger partial charge in [-0.05, 0) is 47.9 Å². The minimum absolute atomic E-state index is 0.268. The lowest BCUT2D eigenvalue weighted by atomic mass is 10.0. The van der Waals surface area contributed by atoms with Crippen LogP contribution in [-0.4, -0.2) is 12.1 Å². The molecule has 1 aromatic carbocycles. The Bertz CT molecular complexity index is 744. The van der Waals surface area contributed by atoms with Crippen LogP contribution in [0.4, 0.5) is 4.39 Å². The summed E-state index contributed by atoms with van der Waals surface area (Å²) in [5, 5.41) is 0.950. The monoisotopic (exact) mass is 267 g/mol. The Labute approximate surface area is 116 Å². The lowest BCUT2D eigenvalue weighted by Crippen LogP contribution is -1.88. The van der Waals surface area contributed by atoms with Crippen LogP contribution in [0.2, 0.25) is 0 Å². The highest BCUT2D eigenvalue weighted by molar-refractivity contribution is 5.94. The fraction of sp³-hybridized carbons (Fsp3) is 0.118. The van der Waals surface area contributed by atoms with E-state index in [2.05, 4.69) is 11.1 Å². The standard InChI is InChI=1S/C17H14FNO/c1-20-14-4-2-3-12(5-7-14)15-9-10-19-17-11-13(18)6-8-16(15)17/h3-11H,2H2,1H3. The van der Waals surface area contributed by atoms with Gasteiger partial charge in [0.05, 0.1) is 12.6 Å². The molecule has 0 unspecified atom stereocenters. The smallest absolute Gasteiger partial charge is 0.125 e. The van der Waals surface area contributed by atoms with Gasteiger partial charge in [-0.1, -0.05) is 12.2 Å². The maximum Gasteiger partial charge on any atom is 0.125 e. The van der Waals surface area contributed by atoms with E-state index in [1.807, 2.05) is 24.3 Å². The molecule has 1 aromatic heterocycles. The Kier molecular flexibility index (Phi) is 3.33. The third kappa shape index (κ3) is 2.35. The van der Waals surface area contributed by atoms with Crippen molar-refractivity contribution in [3.8, 4) is 0 Å². The molecule has 1 aliphatic rings. The number of rotatable bonds is 2. The molecule has 0 N–H and O–H groups in total. The Morgan fingerprint density at radius 2 is 2.05 bits per heavy atom. The van der Waals surface area contributed by atoms with Crippen molar-refractivity contribution in [2.24, 2.45) is 0 Å². The number of halogens is 1. The molecular formula is C17H14FNO. The Morgan fingerprint density at radius 3 is 2.90 bits per heavy atom. The first-order valence-corrected chi connectivity index (χ1v) is 6.45. The number of allylic oxidation sites excluding steroid dienone is 5. The van der Waals surface area contributed by atoms with Gasteiger partial charge in [-0.25, -0.2) is 4.39 Å². The van der Waals surface area contributed by atoms with Crippen molar-refractivity contribution in [1.82, 2.24) is 4.98 Å². The van der Waals surface area contributed by atoms with Gasteiger partial charge in [-0.2, -0.15) is 0 Å². The predicted octanol–water partition coefficient (Wildman–Crippen LogP) is 4.25. The van der Waals surface area contributed by atoms with Crippen molar-refractivity contribution < 1.29 is 9.13 Å². The minimum Gasteiger partial charge on any atom is -0.497 e. The topological polar surface area (TPSA) is 22.1 Å². The minimum atomic E-state index is -0.268. The molecule has 0 fully saturated rings. The molecule has 1 aliphatic carbocycles. The molecule has 100 valence electrons. The number of aromatic nitrogens is 1. The summed E-state index contributed by atoms with van der Waals surface area (Å²) in [5.41, 5.74) is 2.81. The fourth-order valence-electron chi connectivity index (χ4n) is 2.33. The number of nitrogens with zero attached hydrogens (tertiary/aromatic N) is 1. The summed E-state index contributed by atoms with van der Waals surface area (Å²) in [4.78, 5) is 4.22. The van der Waals surface area contributed by atoms with E-state index in [1.165, 1.54) is 12.1 Å². The molecule has 0 bridgehead atoms. The van der Waals surface area contributed by atoms with Crippen molar-refractivity contribution in [1.29, 1.82) is 0 Å². The van der Waals surface area contributed by atoms with E-state index in [4.69, 9.17) is 4.74 Å². The maximum absolute atomic E-state index is 13.3. The van der Waals surface area contributed by atoms with Crippen LogP contribution in [0, 0.1) is 5.82 Å². The summed E-state index contributed by atoms with van der Waals surface area (Å²) < 4.78 is 18.5. The van der Waals surface area contributed by atoms with Gasteiger partial charge >= 0.3 is 0 Å². The number of ether oxygens (including phenoxy) is 1. The molecular weight excluding hydrogens is 253 g/mol. The first kappa shape index (κ1) is 12.6. The average molecular weight is 267 g/mol. The number of pyridine rings is 1. The molecule has 0 aliphatic heterocycles. The van der Waals surface area contributed by atoms with Crippen molar-refractivity contribution in [3.05, 3.63) is 71.9 Å². The van der Waals surface area contributed by atoms with E-state index >= 15 is 0 Å². The van der Waals surface area contributed by atoms with Crippen LogP contribution < -0.4 is 0 Å². The summed E-state index contributed by atoms with van der Waals surface area (Å²) in [6.45, 7) is 0. The Morgan fingerprint density at radius 1 is 1.15 bits per heavy atom. The van der Waals surface area contributed by atoms with Gasteiger partial charge < -0.3 is 4.74 Å². The zero-order valence-corrected chi connectivity index (χ0v) is 11.1. The molecule has 0 saturated carbocycles. The van der Waals surface area contributed by atoms with Crippen molar-refractivity contribution >= 4 is 16.5 Å². The molecule has 2 aromatic rings. The van der Waals surface area contributed by atoms with E-state index in [0.717, 1.165) is 28.7 Å². The van der Waals surface area contributed by atoms with Gasteiger partial charge in [-0.15, -0.1) is 0 Å². The summed E-state index contributed by atoms with van der Waals surface area (Å²) in [6.07, 6.45) is 10.6. The third-order valence-corrected chi connectivity index (χ3v) is 3.34. The van der Waals surface area contributed by atoms with Crippen LogP contribution >= 0.6 is 0 Å². The van der Waals surface area contributed by atoms with E-state index in [9.17, 15) is 4.39 Å². The normalized spacial score (nSPS) is 14.7. The van der Waals surface area contributed by atoms with Gasteiger partial charge in [0.15, 0.2) is 0 Å². The summed E-state index contributed by atoms with van der Waals surface area (Å²) in [6, 6.07) is 6.65. The quantitative estimate of drug-likeness (QED) is 0.811. The van der Waals surface area contributed by atoms with Gasteiger partial charge in [-0.3, -0.25) is 4.98 Å². The number of benzene rings is 1. The highest BCUT2D eigenvalue weighted by atomic mass is 19.1. The summed E-state index contributed by atoms with van der Waals surface area (Å²) >= 11 is 0.